The molecule has 1 aromatic heterocycles. The minimum Gasteiger partial charge on any atom is -0.481 e. The molecule has 4 rings (SSSR count). The van der Waals surface area contributed by atoms with Gasteiger partial charge in [-0.1, -0.05) is 11.6 Å². The number of halogens is 2. The first-order valence-electron chi connectivity index (χ1n) is 6.91. The summed E-state index contributed by atoms with van der Waals surface area (Å²) in [5, 5.41) is 9.41. The molecule has 2 atom stereocenters. The molecule has 1 aliphatic carbocycles. The molecule has 4 nitrogen and oxygen atoms in total. The minimum atomic E-state index is -0.897. The smallest absolute Gasteiger partial charge is 0.309 e. The lowest BCUT2D eigenvalue weighted by Gasteiger charge is -2.13. The first-order chi connectivity index (χ1) is 10.4. The van der Waals surface area contributed by atoms with Gasteiger partial charge in [0.2, 0.25) is 0 Å². The standard InChI is InChI=1S/C15H12ClFN2O2S/c16-8-1-7(2-9(17)3-8)15-5-10(15)13-11(4-12(20)21)18-14(22)19(13)6-15/h1-3,10H,4-6H2,(H,18,22)(H,20,21)/t10-,15+/m0/s1. The molecule has 1 aliphatic heterocycles. The Morgan fingerprint density at radius 1 is 1.55 bits per heavy atom. The number of aromatic amines is 1. The van der Waals surface area contributed by atoms with Crippen molar-refractivity contribution < 1.29 is 14.3 Å². The number of H-pyrrole nitrogens is 1. The molecule has 2 heterocycles. The zero-order valence-corrected chi connectivity index (χ0v) is 13.0. The highest BCUT2D eigenvalue weighted by Crippen LogP contribution is 2.66. The number of aliphatic carboxylic acids is 1. The van der Waals surface area contributed by atoms with Crippen molar-refractivity contribution >= 4 is 29.8 Å². The Balaban J connectivity index is 1.78. The van der Waals surface area contributed by atoms with E-state index >= 15 is 0 Å². The van der Waals surface area contributed by atoms with Crippen LogP contribution in [0.25, 0.3) is 0 Å². The second kappa shape index (κ2) is 4.43. The molecule has 0 saturated heterocycles. The number of hydrogen-bond donors (Lipinski definition) is 2. The number of nitrogens with zero attached hydrogens (tertiary/aromatic N) is 1. The first-order valence-corrected chi connectivity index (χ1v) is 7.69. The Morgan fingerprint density at radius 3 is 3.00 bits per heavy atom. The molecule has 2 N–H and O–H groups in total. The highest BCUT2D eigenvalue weighted by molar-refractivity contribution is 7.71. The monoisotopic (exact) mass is 338 g/mol. The molecule has 22 heavy (non-hydrogen) atoms. The van der Waals surface area contributed by atoms with Gasteiger partial charge in [-0.2, -0.15) is 0 Å². The minimum absolute atomic E-state index is 0.0809. The average Bonchev–Trinajstić information content (AvgIpc) is 2.91. The van der Waals surface area contributed by atoms with E-state index in [1.54, 1.807) is 6.07 Å². The largest absolute Gasteiger partial charge is 0.481 e. The van der Waals surface area contributed by atoms with Gasteiger partial charge in [0.1, 0.15) is 5.82 Å². The second-order valence-electron chi connectivity index (χ2n) is 6.02. The van der Waals surface area contributed by atoms with Crippen LogP contribution < -0.4 is 0 Å². The van der Waals surface area contributed by atoms with Crippen LogP contribution in [-0.2, 0) is 23.2 Å². The third-order valence-electron chi connectivity index (χ3n) is 4.71. The van der Waals surface area contributed by atoms with Crippen molar-refractivity contribution in [1.29, 1.82) is 0 Å². The van der Waals surface area contributed by atoms with E-state index in [-0.39, 0.29) is 23.6 Å². The molecule has 0 spiro atoms. The van der Waals surface area contributed by atoms with Gasteiger partial charge in [0.05, 0.1) is 6.42 Å². The molecule has 2 aromatic rings. The van der Waals surface area contributed by atoms with Crippen molar-refractivity contribution in [3.63, 3.8) is 0 Å². The first kappa shape index (κ1) is 14.0. The molecule has 114 valence electrons. The van der Waals surface area contributed by atoms with E-state index in [0.29, 0.717) is 22.0 Å². The average molecular weight is 339 g/mol. The zero-order chi connectivity index (χ0) is 15.6. The van der Waals surface area contributed by atoms with Crippen LogP contribution in [0.2, 0.25) is 5.02 Å². The summed E-state index contributed by atoms with van der Waals surface area (Å²) in [4.78, 5) is 14.0. The zero-order valence-electron chi connectivity index (χ0n) is 11.4. The van der Waals surface area contributed by atoms with E-state index in [1.807, 2.05) is 4.57 Å². The number of nitrogens with one attached hydrogen (secondary N) is 1. The third-order valence-corrected chi connectivity index (χ3v) is 5.25. The Hall–Kier alpha value is -1.66. The number of imidazole rings is 1. The lowest BCUT2D eigenvalue weighted by molar-refractivity contribution is -0.136. The summed E-state index contributed by atoms with van der Waals surface area (Å²) in [6, 6.07) is 4.60. The molecule has 1 aromatic carbocycles. The predicted octanol–water partition coefficient (Wildman–Crippen LogP) is 3.40. The highest BCUT2D eigenvalue weighted by Gasteiger charge is 2.62. The van der Waals surface area contributed by atoms with Crippen LogP contribution in [0.15, 0.2) is 18.2 Å². The molecule has 0 radical (unpaired) electrons. The molecular weight excluding hydrogens is 327 g/mol. The summed E-state index contributed by atoms with van der Waals surface area (Å²) in [6.45, 7) is 0.641. The fourth-order valence-electron chi connectivity index (χ4n) is 3.75. The maximum atomic E-state index is 13.7. The summed E-state index contributed by atoms with van der Waals surface area (Å²) in [6.07, 6.45) is 0.786. The van der Waals surface area contributed by atoms with Crippen LogP contribution in [0, 0.1) is 10.6 Å². The molecule has 7 heteroatoms. The quantitative estimate of drug-likeness (QED) is 0.843. The number of aromatic nitrogens is 2. The summed E-state index contributed by atoms with van der Waals surface area (Å²) >= 11 is 11.3. The predicted molar refractivity (Wildman–Crippen MR) is 81.4 cm³/mol. The summed E-state index contributed by atoms with van der Waals surface area (Å²) in [7, 11) is 0. The molecule has 1 saturated carbocycles. The number of hydrogen-bond acceptors (Lipinski definition) is 2. The van der Waals surface area contributed by atoms with Crippen molar-refractivity contribution in [2.45, 2.75) is 30.7 Å². The van der Waals surface area contributed by atoms with E-state index in [1.165, 1.54) is 12.1 Å². The van der Waals surface area contributed by atoms with Gasteiger partial charge < -0.3 is 14.7 Å². The third kappa shape index (κ3) is 1.87. The van der Waals surface area contributed by atoms with Crippen molar-refractivity contribution in [2.24, 2.45) is 0 Å². The van der Waals surface area contributed by atoms with Crippen LogP contribution in [-0.4, -0.2) is 20.6 Å². The van der Waals surface area contributed by atoms with Crippen LogP contribution in [0.3, 0.4) is 0 Å². The molecule has 0 bridgehead atoms. The van der Waals surface area contributed by atoms with Gasteiger partial charge in [-0.25, -0.2) is 4.39 Å². The van der Waals surface area contributed by atoms with Crippen molar-refractivity contribution in [2.75, 3.05) is 0 Å². The van der Waals surface area contributed by atoms with Crippen LogP contribution in [0.4, 0.5) is 4.39 Å². The fraction of sp³-hybridized carbons (Fsp3) is 0.333. The Labute approximate surface area is 135 Å². The van der Waals surface area contributed by atoms with Crippen LogP contribution in [0.5, 0.6) is 0 Å². The molecule has 2 aliphatic rings. The van der Waals surface area contributed by atoms with Crippen molar-refractivity contribution in [1.82, 2.24) is 9.55 Å². The number of carboxylic acid groups (broad SMARTS) is 1. The van der Waals surface area contributed by atoms with Gasteiger partial charge in [0.25, 0.3) is 0 Å². The highest BCUT2D eigenvalue weighted by atomic mass is 35.5. The Bertz CT molecular complexity index is 855. The van der Waals surface area contributed by atoms with Gasteiger partial charge in [0, 0.05) is 34.3 Å². The Morgan fingerprint density at radius 2 is 2.32 bits per heavy atom. The summed E-state index contributed by atoms with van der Waals surface area (Å²) in [5.74, 6) is -1.07. The van der Waals surface area contributed by atoms with E-state index in [4.69, 9.17) is 28.9 Å². The Kier molecular flexibility index (Phi) is 2.81. The molecule has 1 fully saturated rings. The van der Waals surface area contributed by atoms with Crippen molar-refractivity contribution in [3.8, 4) is 0 Å². The number of carboxylic acids is 1. The lowest BCUT2D eigenvalue weighted by Crippen LogP contribution is -2.12. The van der Waals surface area contributed by atoms with Crippen LogP contribution in [0.1, 0.15) is 29.3 Å². The topological polar surface area (TPSA) is 58.0 Å². The summed E-state index contributed by atoms with van der Waals surface area (Å²) < 4.78 is 16.1. The van der Waals surface area contributed by atoms with Crippen molar-refractivity contribution in [3.05, 3.63) is 50.8 Å². The molecule has 0 amide bonds. The normalized spacial score (nSPS) is 24.9. The molecular formula is C15H12ClFN2O2S. The fourth-order valence-corrected chi connectivity index (χ4v) is 4.25. The van der Waals surface area contributed by atoms with E-state index in [0.717, 1.165) is 17.7 Å². The van der Waals surface area contributed by atoms with E-state index < -0.39 is 5.97 Å². The number of rotatable bonds is 3. The number of fused-ring (bicyclic) bond motifs is 3. The lowest BCUT2D eigenvalue weighted by atomic mass is 9.94. The number of carbonyl (C=O) groups is 1. The molecule has 0 unspecified atom stereocenters. The van der Waals surface area contributed by atoms with Gasteiger partial charge in [-0.3, -0.25) is 4.79 Å². The maximum Gasteiger partial charge on any atom is 0.309 e. The summed E-state index contributed by atoms with van der Waals surface area (Å²) in [5.41, 5.74) is 2.27. The van der Waals surface area contributed by atoms with Gasteiger partial charge in [-0.15, -0.1) is 0 Å². The van der Waals surface area contributed by atoms with Gasteiger partial charge in [0.15, 0.2) is 4.77 Å². The van der Waals surface area contributed by atoms with E-state index in [2.05, 4.69) is 4.98 Å². The maximum absolute atomic E-state index is 13.7. The SMILES string of the molecule is O=C(O)Cc1[nH]c(=S)n2c1[C@@H]1C[C@]1(c1cc(F)cc(Cl)c1)C2. The van der Waals surface area contributed by atoms with Gasteiger partial charge in [-0.05, 0) is 42.4 Å². The number of benzene rings is 1. The van der Waals surface area contributed by atoms with Crippen LogP contribution >= 0.6 is 23.8 Å². The van der Waals surface area contributed by atoms with Gasteiger partial charge >= 0.3 is 5.97 Å². The van der Waals surface area contributed by atoms with E-state index in [9.17, 15) is 9.18 Å². The second-order valence-corrected chi connectivity index (χ2v) is 6.84.